The molecule has 3 saturated carbocycles. The normalized spacial score (nSPS) is 25.4. The summed E-state index contributed by atoms with van der Waals surface area (Å²) < 4.78 is 25.9. The fourth-order valence-electron chi connectivity index (χ4n) is 8.27. The van der Waals surface area contributed by atoms with Crippen LogP contribution in [0.5, 0.6) is 0 Å². The van der Waals surface area contributed by atoms with Crippen molar-refractivity contribution >= 4 is 57.3 Å². The zero-order valence-electron chi connectivity index (χ0n) is 31.5. The fraction of sp³-hybridized carbons (Fsp3) is 0.811. The molecular formula is C37H62IN5O7S. The van der Waals surface area contributed by atoms with Gasteiger partial charge in [-0.2, -0.15) is 0 Å². The molecular weight excluding hydrogens is 785 g/mol. The summed E-state index contributed by atoms with van der Waals surface area (Å²) in [6.45, 7) is 11.6. The number of likely N-dealkylation sites (N-methyl/N-ethyl adjacent to an activating group) is 1. The molecule has 1 unspecified atom stereocenters. The topological polar surface area (TPSA) is 171 Å². The average molecular weight is 848 g/mol. The first kappa shape index (κ1) is 41.7. The molecule has 6 atom stereocenters. The zero-order chi connectivity index (χ0) is 37.7. The van der Waals surface area contributed by atoms with Crippen LogP contribution in [0.1, 0.15) is 105 Å². The molecule has 1 heterocycles. The van der Waals surface area contributed by atoms with Crippen molar-refractivity contribution in [2.45, 2.75) is 127 Å². The van der Waals surface area contributed by atoms with E-state index in [-0.39, 0.29) is 40.0 Å². The van der Waals surface area contributed by atoms with E-state index >= 15 is 0 Å². The summed E-state index contributed by atoms with van der Waals surface area (Å²) in [6, 6.07) is -2.75. The van der Waals surface area contributed by atoms with Crippen LogP contribution in [0, 0.1) is 28.6 Å². The molecule has 14 heteroatoms. The van der Waals surface area contributed by atoms with Gasteiger partial charge < -0.3 is 0 Å². The first-order chi connectivity index (χ1) is 23.9. The number of rotatable bonds is 17. The van der Waals surface area contributed by atoms with Crippen molar-refractivity contribution < 1.29 is 32.4 Å². The molecule has 4 aliphatic rings. The quantitative estimate of drug-likeness (QED) is 0.0556. The van der Waals surface area contributed by atoms with Crippen molar-refractivity contribution in [3.63, 3.8) is 0 Å². The van der Waals surface area contributed by atoms with E-state index in [1.54, 1.807) is 0 Å². The molecule has 4 amide bonds. The number of alkyl halides is 2. The minimum absolute atomic E-state index is 0.0207. The van der Waals surface area contributed by atoms with E-state index in [0.717, 1.165) is 74.9 Å². The number of halogens is 1. The molecule has 0 radical (unpaired) electrons. The maximum atomic E-state index is 15.0. The van der Waals surface area contributed by atoms with Crippen LogP contribution in [-0.2, 0) is 29.2 Å². The van der Waals surface area contributed by atoms with Crippen LogP contribution in [0.15, 0.2) is 12.7 Å². The predicted octanol–water partition coefficient (Wildman–Crippen LogP) is 4.31. The van der Waals surface area contributed by atoms with Crippen molar-refractivity contribution in [2.75, 3.05) is 30.8 Å². The zero-order valence-corrected chi connectivity index (χ0v) is 34.5. The second-order valence-corrected chi connectivity index (χ2v) is 24.1. The monoisotopic (exact) mass is 847 g/mol. The van der Waals surface area contributed by atoms with E-state index in [4.69, 9.17) is 0 Å². The Bertz CT molecular complexity index is 1420. The molecule has 0 aromatic heterocycles. The minimum atomic E-state index is -3.49. The molecule has 1 aliphatic heterocycles. The van der Waals surface area contributed by atoms with Crippen LogP contribution in [0.3, 0.4) is 0 Å². The Morgan fingerprint density at radius 3 is 2.24 bits per heavy atom. The van der Waals surface area contributed by atoms with Crippen molar-refractivity contribution in [3.8, 4) is 0 Å². The van der Waals surface area contributed by atoms with Crippen LogP contribution in [-0.4, -0.2) is 93.0 Å². The summed E-state index contributed by atoms with van der Waals surface area (Å²) in [7, 11) is -2.00. The molecule has 1 saturated heterocycles. The molecule has 1 spiro atoms. The summed E-state index contributed by atoms with van der Waals surface area (Å²) in [6.07, 6.45) is 13.2. The second-order valence-electron chi connectivity index (χ2n) is 16.5. The van der Waals surface area contributed by atoms with E-state index < -0.39 is 75.0 Å². The molecule has 4 rings (SSSR count). The number of nitrogens with zero attached hydrogens (tertiary/aromatic N) is 1. The predicted molar refractivity (Wildman–Crippen MR) is 208 cm³/mol. The van der Waals surface area contributed by atoms with Gasteiger partial charge in [-0.05, 0) is 0 Å². The van der Waals surface area contributed by atoms with Gasteiger partial charge in [-0.15, -0.1) is 0 Å². The van der Waals surface area contributed by atoms with Crippen LogP contribution in [0.4, 0.5) is 4.79 Å². The van der Waals surface area contributed by atoms with Gasteiger partial charge in [-0.1, -0.05) is 0 Å². The van der Waals surface area contributed by atoms with Crippen molar-refractivity contribution in [1.29, 1.82) is 0 Å². The third kappa shape index (κ3) is 10.3. The molecule has 12 nitrogen and oxygen atoms in total. The summed E-state index contributed by atoms with van der Waals surface area (Å²) in [4.78, 5) is 69.2. The van der Waals surface area contributed by atoms with Gasteiger partial charge in [0, 0.05) is 0 Å². The molecule has 4 fully saturated rings. The first-order valence-electron chi connectivity index (χ1n) is 18.8. The molecule has 0 aromatic carbocycles. The number of urea groups is 1. The van der Waals surface area contributed by atoms with Gasteiger partial charge in [-0.3, -0.25) is 0 Å². The summed E-state index contributed by atoms with van der Waals surface area (Å²) in [5.74, 6) is -1.41. The van der Waals surface area contributed by atoms with Crippen molar-refractivity contribution in [3.05, 3.63) is 12.7 Å². The summed E-state index contributed by atoms with van der Waals surface area (Å²) >= 11 is -2.79. The third-order valence-corrected chi connectivity index (χ3v) is 20.1. The van der Waals surface area contributed by atoms with Gasteiger partial charge in [-0.25, -0.2) is 0 Å². The Labute approximate surface area is 312 Å². The van der Waals surface area contributed by atoms with Gasteiger partial charge in [0.1, 0.15) is 0 Å². The van der Waals surface area contributed by atoms with Crippen LogP contribution in [0.25, 0.3) is 0 Å². The molecule has 290 valence electrons. The second kappa shape index (κ2) is 17.4. The fourth-order valence-corrected chi connectivity index (χ4v) is 17.3. The third-order valence-electron chi connectivity index (χ3n) is 11.8. The average Bonchev–Trinajstić information content (AvgIpc) is 3.64. The molecule has 4 N–H and O–H groups in total. The Balaban J connectivity index is 1.60. The Kier molecular flexibility index (Phi) is 14.2. The number of Topliss-reactive ketones (excluding diaryl/α,β-unsaturated/α-hetero) is 1. The van der Waals surface area contributed by atoms with Crippen molar-refractivity contribution in [1.82, 2.24) is 25.6 Å². The van der Waals surface area contributed by atoms with Crippen LogP contribution >= 0.6 is 19.8 Å². The summed E-state index contributed by atoms with van der Waals surface area (Å²) in [5.41, 5.74) is -0.274. The Morgan fingerprint density at radius 2 is 1.67 bits per heavy atom. The number of carbonyl (C=O) groups excluding carboxylic acids is 5. The Morgan fingerprint density at radius 1 is 1.00 bits per heavy atom. The SMILES string of the molecule is C=CCNC(=O)C(=O)C(CCCC)NC(=O)[C@@H]1[C@H]2CCC3(CC3)[C@H]2CI1C(=O)[C@@H](NC(=O)N[C@H](CN(C)S(C)(=O)=O)C(C)(C)C)C1CCCCC1. The molecule has 3 aliphatic carbocycles. The first-order valence-corrected chi connectivity index (χ1v) is 24.5. The number of fused-ring (bicyclic) bond motifs is 2. The van der Waals surface area contributed by atoms with Gasteiger partial charge in [0.15, 0.2) is 0 Å². The van der Waals surface area contributed by atoms with E-state index in [1.807, 2.05) is 27.7 Å². The van der Waals surface area contributed by atoms with Gasteiger partial charge >= 0.3 is 314 Å². The summed E-state index contributed by atoms with van der Waals surface area (Å²) in [5, 5.41) is 11.6. The van der Waals surface area contributed by atoms with Crippen LogP contribution < -0.4 is 21.3 Å². The number of unbranched alkanes of at least 4 members (excludes halogenated alkanes) is 1. The molecule has 0 aromatic rings. The van der Waals surface area contributed by atoms with Crippen molar-refractivity contribution in [2.24, 2.45) is 28.6 Å². The van der Waals surface area contributed by atoms with Gasteiger partial charge in [0.25, 0.3) is 0 Å². The number of amides is 4. The van der Waals surface area contributed by atoms with Gasteiger partial charge in [0.2, 0.25) is 0 Å². The number of nitrogens with one attached hydrogen (secondary N) is 4. The van der Waals surface area contributed by atoms with E-state index in [1.165, 1.54) is 17.4 Å². The number of hydrogen-bond donors (Lipinski definition) is 4. The van der Waals surface area contributed by atoms with Crippen LogP contribution in [0.2, 0.25) is 0 Å². The number of hydrogen-bond acceptors (Lipinski definition) is 7. The Hall–Kier alpha value is -2.07. The van der Waals surface area contributed by atoms with E-state index in [9.17, 15) is 32.4 Å². The molecule has 0 bridgehead atoms. The number of ketones is 1. The number of carbonyl (C=O) groups is 5. The van der Waals surface area contributed by atoms with E-state index in [0.29, 0.717) is 18.8 Å². The molecule has 51 heavy (non-hydrogen) atoms. The standard InChI is InChI=1S/C37H62IN5O7S/c1-8-10-16-27(31(44)34(47)39-21-9-2)40-33(46)29-25-17-18-37(19-20-37)26(25)22-38(29)32(45)30(24-14-12-11-13-15-24)42-35(48)41-28(36(3,4)5)23-43(6)51(7,49)50/h9,24-30H,2,8,10-23H2,1,3-7H3,(H,39,47)(H,40,46)(H2,41,42,48)/t25-,26-,27?,28+,29-,30-/m0/s1. The van der Waals surface area contributed by atoms with E-state index in [2.05, 4.69) is 27.8 Å². The number of sulfonamides is 1. The van der Waals surface area contributed by atoms with Gasteiger partial charge in [0.05, 0.1) is 0 Å². The maximum absolute atomic E-state index is 15.0.